The largest absolute Gasteiger partial charge is 0.348 e. The zero-order chi connectivity index (χ0) is 25.4. The molecule has 0 radical (unpaired) electrons. The normalized spacial score (nSPS) is 15.2. The minimum Gasteiger partial charge on any atom is -0.348 e. The molecule has 36 heavy (non-hydrogen) atoms. The lowest BCUT2D eigenvalue weighted by Gasteiger charge is -2.32. The Hall–Kier alpha value is -3.52. The molecule has 1 saturated heterocycles. The third-order valence-electron chi connectivity index (χ3n) is 7.33. The number of aromatic amines is 1. The van der Waals surface area contributed by atoms with Crippen LogP contribution in [0.2, 0.25) is 0 Å². The van der Waals surface area contributed by atoms with E-state index in [1.54, 1.807) is 11.2 Å². The van der Waals surface area contributed by atoms with Crippen molar-refractivity contribution in [3.63, 3.8) is 0 Å². The van der Waals surface area contributed by atoms with E-state index in [-0.39, 0.29) is 5.91 Å². The van der Waals surface area contributed by atoms with Crippen LogP contribution in [0.15, 0.2) is 42.9 Å². The van der Waals surface area contributed by atoms with E-state index in [1.807, 2.05) is 24.8 Å². The van der Waals surface area contributed by atoms with Crippen molar-refractivity contribution in [1.29, 1.82) is 0 Å². The van der Waals surface area contributed by atoms with Gasteiger partial charge in [0.15, 0.2) is 5.65 Å². The van der Waals surface area contributed by atoms with E-state index < -0.39 is 0 Å². The molecular formula is C28H35N7O. The molecule has 1 aliphatic rings. The summed E-state index contributed by atoms with van der Waals surface area (Å²) in [7, 11) is 3.64. The number of carbonyl (C=O) groups is 1. The molecule has 0 unspecified atom stereocenters. The highest BCUT2D eigenvalue weighted by molar-refractivity contribution is 5.78. The summed E-state index contributed by atoms with van der Waals surface area (Å²) in [6.45, 7) is 8.91. The molecule has 1 aliphatic heterocycles. The van der Waals surface area contributed by atoms with Crippen LogP contribution in [0.25, 0.3) is 28.2 Å². The Morgan fingerprint density at radius 3 is 2.53 bits per heavy atom. The van der Waals surface area contributed by atoms with Crippen LogP contribution in [0.4, 0.5) is 0 Å². The van der Waals surface area contributed by atoms with Crippen LogP contribution >= 0.6 is 0 Å². The van der Waals surface area contributed by atoms with Crippen molar-refractivity contribution in [2.45, 2.75) is 45.4 Å². The number of piperidine rings is 1. The molecule has 1 amide bonds. The number of pyridine rings is 1. The smallest absolute Gasteiger partial charge is 0.236 e. The van der Waals surface area contributed by atoms with Gasteiger partial charge < -0.3 is 4.90 Å². The molecule has 0 aliphatic carbocycles. The number of aryl methyl sites for hydroxylation is 1. The summed E-state index contributed by atoms with van der Waals surface area (Å²) >= 11 is 0. The highest BCUT2D eigenvalue weighted by Crippen LogP contribution is 2.37. The number of nitrogens with zero attached hydrogens (tertiary/aromatic N) is 6. The van der Waals surface area contributed by atoms with E-state index >= 15 is 0 Å². The van der Waals surface area contributed by atoms with Gasteiger partial charge in [-0.25, -0.2) is 9.50 Å². The minimum absolute atomic E-state index is 0.175. The molecule has 0 bridgehead atoms. The zero-order valence-corrected chi connectivity index (χ0v) is 21.8. The summed E-state index contributed by atoms with van der Waals surface area (Å²) in [6, 6.07) is 11.1. The van der Waals surface area contributed by atoms with Crippen molar-refractivity contribution < 1.29 is 4.79 Å². The van der Waals surface area contributed by atoms with Crippen molar-refractivity contribution in [2.24, 2.45) is 0 Å². The average Bonchev–Trinajstić information content (AvgIpc) is 3.52. The molecule has 188 valence electrons. The number of rotatable bonds is 6. The van der Waals surface area contributed by atoms with E-state index in [4.69, 9.17) is 5.10 Å². The Morgan fingerprint density at radius 2 is 1.86 bits per heavy atom. The first-order valence-electron chi connectivity index (χ1n) is 12.7. The fraction of sp³-hybridized carbons (Fsp3) is 0.429. The lowest BCUT2D eigenvalue weighted by atomic mass is 9.88. The standard InChI is InChI=1S/C28H35N7O/c1-18(2)25-26(31-32-27(25)23-14-19(3)28-29-17-30-35(28)15-23)22-8-6-20(7-9-22)21-10-12-34(13-11-21)16-24(36)33(4)5/h6-9,14-15,17-18,21H,10-13,16H2,1-5H3,(H,31,32). The predicted molar refractivity (Wildman–Crippen MR) is 142 cm³/mol. The maximum atomic E-state index is 12.0. The van der Waals surface area contributed by atoms with E-state index in [0.717, 1.165) is 59.7 Å². The molecule has 0 saturated carbocycles. The van der Waals surface area contributed by atoms with Gasteiger partial charge >= 0.3 is 0 Å². The summed E-state index contributed by atoms with van der Waals surface area (Å²) in [5.41, 5.74) is 8.74. The van der Waals surface area contributed by atoms with Gasteiger partial charge in [-0.3, -0.25) is 14.8 Å². The summed E-state index contributed by atoms with van der Waals surface area (Å²) in [5.74, 6) is 1.00. The summed E-state index contributed by atoms with van der Waals surface area (Å²) in [4.78, 5) is 20.3. The van der Waals surface area contributed by atoms with E-state index in [2.05, 4.69) is 71.2 Å². The van der Waals surface area contributed by atoms with Crippen molar-refractivity contribution in [2.75, 3.05) is 33.7 Å². The molecule has 8 heteroatoms. The molecule has 5 rings (SSSR count). The van der Waals surface area contributed by atoms with Crippen LogP contribution in [0.3, 0.4) is 0 Å². The number of hydrogen-bond donors (Lipinski definition) is 1. The van der Waals surface area contributed by atoms with Gasteiger partial charge in [-0.1, -0.05) is 38.1 Å². The van der Waals surface area contributed by atoms with Crippen molar-refractivity contribution in [1.82, 2.24) is 34.6 Å². The fourth-order valence-corrected chi connectivity index (χ4v) is 5.25. The Morgan fingerprint density at radius 1 is 1.14 bits per heavy atom. The Bertz CT molecular complexity index is 1360. The van der Waals surface area contributed by atoms with E-state index in [0.29, 0.717) is 18.4 Å². The number of amides is 1. The number of hydrogen-bond acceptors (Lipinski definition) is 5. The Kier molecular flexibility index (Phi) is 6.62. The van der Waals surface area contributed by atoms with Crippen LogP contribution in [0.1, 0.15) is 55.2 Å². The second-order valence-electron chi connectivity index (χ2n) is 10.4. The van der Waals surface area contributed by atoms with Gasteiger partial charge in [-0.05, 0) is 61.9 Å². The molecule has 0 atom stereocenters. The average molecular weight is 486 g/mol. The maximum absolute atomic E-state index is 12.0. The Labute approximate surface area is 212 Å². The predicted octanol–water partition coefficient (Wildman–Crippen LogP) is 4.49. The molecular weight excluding hydrogens is 450 g/mol. The number of benzene rings is 1. The van der Waals surface area contributed by atoms with Gasteiger partial charge in [-0.2, -0.15) is 10.2 Å². The number of fused-ring (bicyclic) bond motifs is 1. The summed E-state index contributed by atoms with van der Waals surface area (Å²) < 4.78 is 1.83. The van der Waals surface area contributed by atoms with Crippen molar-refractivity contribution in [3.8, 4) is 22.5 Å². The second-order valence-corrected chi connectivity index (χ2v) is 10.4. The number of carbonyl (C=O) groups excluding carboxylic acids is 1. The first-order chi connectivity index (χ1) is 17.3. The third-order valence-corrected chi connectivity index (χ3v) is 7.33. The van der Waals surface area contributed by atoms with Crippen molar-refractivity contribution in [3.05, 3.63) is 59.5 Å². The van der Waals surface area contributed by atoms with Gasteiger partial charge in [0.05, 0.1) is 17.9 Å². The fourth-order valence-electron chi connectivity index (χ4n) is 5.25. The van der Waals surface area contributed by atoms with Crippen LogP contribution in [-0.4, -0.2) is 74.2 Å². The number of likely N-dealkylation sites (N-methyl/N-ethyl adjacent to an activating group) is 1. The van der Waals surface area contributed by atoms with Gasteiger partial charge in [-0.15, -0.1) is 0 Å². The molecule has 0 spiro atoms. The number of likely N-dealkylation sites (tertiary alicyclic amines) is 1. The van der Waals surface area contributed by atoms with E-state index in [9.17, 15) is 4.79 Å². The lowest BCUT2D eigenvalue weighted by Crippen LogP contribution is -2.40. The zero-order valence-electron chi connectivity index (χ0n) is 21.8. The van der Waals surface area contributed by atoms with Crippen LogP contribution in [0.5, 0.6) is 0 Å². The monoisotopic (exact) mass is 485 g/mol. The molecule has 4 aromatic rings. The quantitative estimate of drug-likeness (QED) is 0.435. The van der Waals surface area contributed by atoms with Gasteiger partial charge in [0.1, 0.15) is 6.33 Å². The lowest BCUT2D eigenvalue weighted by molar-refractivity contribution is -0.130. The first-order valence-corrected chi connectivity index (χ1v) is 12.7. The van der Waals surface area contributed by atoms with Crippen LogP contribution in [0, 0.1) is 6.92 Å². The first kappa shape index (κ1) is 24.2. The maximum Gasteiger partial charge on any atom is 0.236 e. The number of aromatic nitrogens is 5. The third kappa shape index (κ3) is 4.65. The molecule has 1 fully saturated rings. The van der Waals surface area contributed by atoms with Crippen LogP contribution < -0.4 is 0 Å². The SMILES string of the molecule is Cc1cc(-c2[nH]nc(-c3ccc(C4CCN(CC(=O)N(C)C)CC4)cc3)c2C(C)C)cn2ncnc12. The number of H-pyrrole nitrogens is 1. The highest BCUT2D eigenvalue weighted by Gasteiger charge is 2.24. The molecule has 1 N–H and O–H groups in total. The Balaban J connectivity index is 1.36. The minimum atomic E-state index is 0.175. The van der Waals surface area contributed by atoms with Gasteiger partial charge in [0, 0.05) is 37.0 Å². The summed E-state index contributed by atoms with van der Waals surface area (Å²) in [6.07, 6.45) is 5.75. The molecule has 4 heterocycles. The summed E-state index contributed by atoms with van der Waals surface area (Å²) in [5, 5.41) is 12.4. The topological polar surface area (TPSA) is 82.4 Å². The number of nitrogens with one attached hydrogen (secondary N) is 1. The second kappa shape index (κ2) is 9.85. The van der Waals surface area contributed by atoms with Crippen molar-refractivity contribution >= 4 is 11.6 Å². The molecule has 1 aromatic carbocycles. The van der Waals surface area contributed by atoms with E-state index in [1.165, 1.54) is 11.1 Å². The highest BCUT2D eigenvalue weighted by atomic mass is 16.2. The molecule has 3 aromatic heterocycles. The molecule has 8 nitrogen and oxygen atoms in total. The van der Waals surface area contributed by atoms with Gasteiger partial charge in [0.2, 0.25) is 5.91 Å². The van der Waals surface area contributed by atoms with Crippen LogP contribution in [-0.2, 0) is 4.79 Å². The van der Waals surface area contributed by atoms with Gasteiger partial charge in [0.25, 0.3) is 0 Å².